The molecular weight excluding hydrogens is 331 g/mol. The molecule has 1 aliphatic carbocycles. The van der Waals surface area contributed by atoms with E-state index in [1.807, 2.05) is 0 Å². The largest absolute Gasteiger partial charge is 0.490 e. The summed E-state index contributed by atoms with van der Waals surface area (Å²) in [6.45, 7) is 0.987. The predicted octanol–water partition coefficient (Wildman–Crippen LogP) is 3.26. The number of hydrogen-bond acceptors (Lipinski definition) is 3. The van der Waals surface area contributed by atoms with Crippen LogP contribution in [0.5, 0.6) is 11.5 Å². The Labute approximate surface area is 124 Å². The van der Waals surface area contributed by atoms with Crippen molar-refractivity contribution in [1.82, 2.24) is 0 Å². The molecule has 1 aromatic rings. The minimum absolute atomic E-state index is 0.0595. The van der Waals surface area contributed by atoms with Gasteiger partial charge in [-0.3, -0.25) is 4.79 Å². The molecule has 1 fully saturated rings. The second kappa shape index (κ2) is 4.91. The summed E-state index contributed by atoms with van der Waals surface area (Å²) in [5.41, 5.74) is -0.181. The van der Waals surface area contributed by atoms with Crippen LogP contribution in [-0.4, -0.2) is 24.3 Å². The highest BCUT2D eigenvalue weighted by Gasteiger charge is 2.48. The van der Waals surface area contributed by atoms with Gasteiger partial charge in [-0.15, -0.1) is 0 Å². The Kier molecular flexibility index (Phi) is 3.36. The first-order valence-corrected chi connectivity index (χ1v) is 7.33. The third-order valence-electron chi connectivity index (χ3n) is 3.83. The molecule has 4 nitrogen and oxygen atoms in total. The number of fused-ring (bicyclic) bond motifs is 1. The van der Waals surface area contributed by atoms with Crippen LogP contribution in [0.1, 0.15) is 31.2 Å². The molecule has 0 spiro atoms. The minimum atomic E-state index is -0.912. The van der Waals surface area contributed by atoms with Crippen molar-refractivity contribution in [2.45, 2.75) is 31.1 Å². The van der Waals surface area contributed by atoms with Gasteiger partial charge in [0.15, 0.2) is 11.5 Å². The Morgan fingerprint density at radius 2 is 2.10 bits per heavy atom. The third-order valence-corrected chi connectivity index (χ3v) is 4.54. The second-order valence-electron chi connectivity index (χ2n) is 5.28. The van der Waals surface area contributed by atoms with Gasteiger partial charge in [0.25, 0.3) is 0 Å². The van der Waals surface area contributed by atoms with Gasteiger partial charge in [0.05, 0.1) is 24.1 Å². The summed E-state index contributed by atoms with van der Waals surface area (Å²) in [4.78, 5) is 11.0. The monoisotopic (exact) mass is 344 g/mol. The Bertz CT molecular complexity index is 569. The van der Waals surface area contributed by atoms with Crippen LogP contribution in [-0.2, 0) is 10.2 Å². The lowest BCUT2D eigenvalue weighted by atomic mass is 9.91. The van der Waals surface area contributed by atoms with E-state index in [9.17, 15) is 9.18 Å². The van der Waals surface area contributed by atoms with Gasteiger partial charge in [0.2, 0.25) is 0 Å². The Hall–Kier alpha value is -1.30. The quantitative estimate of drug-likeness (QED) is 0.914. The van der Waals surface area contributed by atoms with Crippen molar-refractivity contribution < 1.29 is 23.8 Å². The Morgan fingerprint density at radius 1 is 1.40 bits per heavy atom. The van der Waals surface area contributed by atoms with E-state index in [0.29, 0.717) is 43.1 Å². The normalized spacial score (nSPS) is 19.3. The van der Waals surface area contributed by atoms with Crippen molar-refractivity contribution in [3.8, 4) is 11.5 Å². The summed E-state index contributed by atoms with van der Waals surface area (Å²) in [5, 5.41) is 9.00. The van der Waals surface area contributed by atoms with Crippen molar-refractivity contribution in [2.75, 3.05) is 13.2 Å². The van der Waals surface area contributed by atoms with E-state index >= 15 is 0 Å². The zero-order chi connectivity index (χ0) is 14.3. The number of aliphatic carboxylic acids is 1. The van der Waals surface area contributed by atoms with E-state index in [2.05, 4.69) is 15.9 Å². The van der Waals surface area contributed by atoms with E-state index in [1.165, 1.54) is 0 Å². The fourth-order valence-corrected chi connectivity index (χ4v) is 3.13. The highest BCUT2D eigenvalue weighted by Crippen LogP contribution is 2.55. The fraction of sp³-hybridized carbons (Fsp3) is 0.500. The standard InChI is InChI=1S/C14H14BrFO4/c15-11-12(16)8(14(2-3-14)7-10(17)18)6-9-13(11)20-5-1-4-19-9/h6H,1-5,7H2,(H,17,18). The summed E-state index contributed by atoms with van der Waals surface area (Å²) in [6, 6.07) is 1.61. The molecule has 0 unspecified atom stereocenters. The summed E-state index contributed by atoms with van der Waals surface area (Å²) < 4.78 is 25.8. The zero-order valence-electron chi connectivity index (χ0n) is 10.7. The maximum atomic E-state index is 14.5. The lowest BCUT2D eigenvalue weighted by Gasteiger charge is -2.18. The van der Waals surface area contributed by atoms with Gasteiger partial charge in [0.1, 0.15) is 5.82 Å². The lowest BCUT2D eigenvalue weighted by molar-refractivity contribution is -0.137. The van der Waals surface area contributed by atoms with Gasteiger partial charge in [-0.25, -0.2) is 4.39 Å². The molecule has 1 aromatic carbocycles. The molecule has 20 heavy (non-hydrogen) atoms. The number of carboxylic acids is 1. The van der Waals surface area contributed by atoms with Crippen LogP contribution in [0.2, 0.25) is 0 Å². The maximum Gasteiger partial charge on any atom is 0.304 e. The SMILES string of the molecule is O=C(O)CC1(c2cc3c(c(Br)c2F)OCCCO3)CC1. The van der Waals surface area contributed by atoms with Gasteiger partial charge < -0.3 is 14.6 Å². The van der Waals surface area contributed by atoms with Gasteiger partial charge in [-0.2, -0.15) is 0 Å². The number of rotatable bonds is 3. The molecule has 0 amide bonds. The van der Waals surface area contributed by atoms with Gasteiger partial charge in [-0.05, 0) is 40.4 Å². The van der Waals surface area contributed by atoms with Crippen molar-refractivity contribution in [3.63, 3.8) is 0 Å². The number of halogens is 2. The highest BCUT2D eigenvalue weighted by molar-refractivity contribution is 9.10. The summed E-state index contributed by atoms with van der Waals surface area (Å²) in [6.07, 6.45) is 2.04. The van der Waals surface area contributed by atoms with Crippen LogP contribution in [0.25, 0.3) is 0 Å². The second-order valence-corrected chi connectivity index (χ2v) is 6.07. The summed E-state index contributed by atoms with van der Waals surface area (Å²) in [7, 11) is 0. The molecule has 1 saturated carbocycles. The van der Waals surface area contributed by atoms with E-state index < -0.39 is 17.2 Å². The fourth-order valence-electron chi connectivity index (χ4n) is 2.61. The van der Waals surface area contributed by atoms with Gasteiger partial charge in [-0.1, -0.05) is 0 Å². The van der Waals surface area contributed by atoms with Crippen molar-refractivity contribution in [1.29, 1.82) is 0 Å². The van der Waals surface area contributed by atoms with Crippen LogP contribution in [0, 0.1) is 5.82 Å². The van der Waals surface area contributed by atoms with Crippen molar-refractivity contribution in [2.24, 2.45) is 0 Å². The third kappa shape index (κ3) is 2.26. The van der Waals surface area contributed by atoms with Gasteiger partial charge >= 0.3 is 5.97 Å². The smallest absolute Gasteiger partial charge is 0.304 e. The van der Waals surface area contributed by atoms with Crippen molar-refractivity contribution >= 4 is 21.9 Å². The zero-order valence-corrected chi connectivity index (χ0v) is 12.3. The number of hydrogen-bond donors (Lipinski definition) is 1. The van der Waals surface area contributed by atoms with E-state index in [-0.39, 0.29) is 10.9 Å². The minimum Gasteiger partial charge on any atom is -0.490 e. The Morgan fingerprint density at radius 3 is 2.75 bits per heavy atom. The average Bonchev–Trinajstić information content (AvgIpc) is 3.17. The molecule has 3 rings (SSSR count). The first-order chi connectivity index (χ1) is 9.53. The summed E-state index contributed by atoms with van der Waals surface area (Å²) >= 11 is 3.21. The first-order valence-electron chi connectivity index (χ1n) is 6.53. The number of benzene rings is 1. The van der Waals surface area contributed by atoms with Gasteiger partial charge in [0, 0.05) is 11.8 Å². The number of carbonyl (C=O) groups is 1. The molecule has 1 N–H and O–H groups in total. The number of ether oxygens (including phenoxy) is 2. The molecule has 0 radical (unpaired) electrons. The average molecular weight is 345 g/mol. The predicted molar refractivity (Wildman–Crippen MR) is 72.9 cm³/mol. The molecule has 2 aliphatic rings. The van der Waals surface area contributed by atoms with Crippen molar-refractivity contribution in [3.05, 3.63) is 21.9 Å². The molecule has 1 aliphatic heterocycles. The molecular formula is C14H14BrFO4. The lowest BCUT2D eigenvalue weighted by Crippen LogP contribution is -2.15. The molecule has 0 atom stereocenters. The first kappa shape index (κ1) is 13.7. The molecule has 0 saturated heterocycles. The molecule has 0 aromatic heterocycles. The van der Waals surface area contributed by atoms with E-state index in [0.717, 1.165) is 6.42 Å². The van der Waals surface area contributed by atoms with E-state index in [1.54, 1.807) is 6.07 Å². The molecule has 108 valence electrons. The van der Waals surface area contributed by atoms with Crippen LogP contribution >= 0.6 is 15.9 Å². The summed E-state index contributed by atoms with van der Waals surface area (Å²) in [5.74, 6) is -0.490. The number of carboxylic acid groups (broad SMARTS) is 1. The maximum absolute atomic E-state index is 14.5. The highest BCUT2D eigenvalue weighted by atomic mass is 79.9. The van der Waals surface area contributed by atoms with Crippen LogP contribution < -0.4 is 9.47 Å². The Balaban J connectivity index is 2.06. The van der Waals surface area contributed by atoms with Crippen LogP contribution in [0.4, 0.5) is 4.39 Å². The van der Waals surface area contributed by atoms with Crippen LogP contribution in [0.3, 0.4) is 0 Å². The molecule has 1 heterocycles. The van der Waals surface area contributed by atoms with Crippen LogP contribution in [0.15, 0.2) is 10.5 Å². The molecule has 0 bridgehead atoms. The molecule has 6 heteroatoms. The van der Waals surface area contributed by atoms with E-state index in [4.69, 9.17) is 14.6 Å². The topological polar surface area (TPSA) is 55.8 Å².